The average molecular weight is 510 g/mol. The largest absolute Gasteiger partial charge is 0.308 e. The summed E-state index contributed by atoms with van der Waals surface area (Å²) in [6.07, 6.45) is 0.966. The minimum atomic E-state index is -3.72. The minimum absolute atomic E-state index is 0.0840. The van der Waals surface area contributed by atoms with Crippen molar-refractivity contribution < 1.29 is 8.42 Å². The Bertz CT molecular complexity index is 1620. The second-order valence-electron chi connectivity index (χ2n) is 8.25. The van der Waals surface area contributed by atoms with Crippen molar-refractivity contribution in [3.63, 3.8) is 0 Å². The molecule has 0 atom stereocenters. The number of nitrogens with zero attached hydrogens (tertiary/aromatic N) is 6. The Morgan fingerprint density at radius 2 is 1.83 bits per heavy atom. The van der Waals surface area contributed by atoms with Gasteiger partial charge in [-0.1, -0.05) is 47.1 Å². The fraction of sp³-hybridized carbons (Fsp3) is 0.261. The molecule has 0 aliphatic carbocycles. The summed E-state index contributed by atoms with van der Waals surface area (Å²) in [5.74, 6) is 0.328. The number of aromatic nitrogens is 5. The summed E-state index contributed by atoms with van der Waals surface area (Å²) in [5, 5.41) is 17.6. The van der Waals surface area contributed by atoms with Gasteiger partial charge in [-0.25, -0.2) is 18.1 Å². The second kappa shape index (κ2) is 9.22. The lowest BCUT2D eigenvalue weighted by molar-refractivity contribution is 0.313. The number of nitrogens with one attached hydrogen (secondary N) is 1. The molecule has 1 fully saturated rings. The van der Waals surface area contributed by atoms with Crippen LogP contribution in [0, 0.1) is 11.3 Å². The second-order valence-corrected chi connectivity index (χ2v) is 10.6. The fourth-order valence-corrected chi connectivity index (χ4v) is 6.24. The van der Waals surface area contributed by atoms with Crippen molar-refractivity contribution in [2.45, 2.75) is 30.2 Å². The highest BCUT2D eigenvalue weighted by Gasteiger charge is 2.32. The maximum absolute atomic E-state index is 13.0. The van der Waals surface area contributed by atoms with E-state index in [2.05, 4.69) is 26.3 Å². The van der Waals surface area contributed by atoms with E-state index in [4.69, 9.17) is 11.6 Å². The van der Waals surface area contributed by atoms with Crippen LogP contribution in [0.25, 0.3) is 11.2 Å². The normalized spacial score (nSPS) is 15.3. The van der Waals surface area contributed by atoms with Gasteiger partial charge in [-0.05, 0) is 36.6 Å². The molecule has 3 heterocycles. The molecule has 2 aromatic heterocycles. The predicted octanol–water partition coefficient (Wildman–Crippen LogP) is 2.66. The van der Waals surface area contributed by atoms with Crippen LogP contribution in [0.1, 0.15) is 35.7 Å². The molecule has 5 rings (SSSR count). The van der Waals surface area contributed by atoms with Crippen LogP contribution in [0.5, 0.6) is 0 Å². The van der Waals surface area contributed by atoms with E-state index >= 15 is 0 Å². The summed E-state index contributed by atoms with van der Waals surface area (Å²) < 4.78 is 29.0. The molecule has 0 bridgehead atoms. The van der Waals surface area contributed by atoms with E-state index in [0.29, 0.717) is 29.9 Å². The molecular formula is C23H20ClN7O3S. The molecule has 1 aliphatic heterocycles. The number of fused-ring (bicyclic) bond motifs is 1. The Hall–Kier alpha value is -3.59. The number of hydrogen-bond acceptors (Lipinski definition) is 7. The molecule has 4 aromatic rings. The number of benzene rings is 2. The first-order valence-electron chi connectivity index (χ1n) is 10.9. The van der Waals surface area contributed by atoms with Crippen molar-refractivity contribution in [2.75, 3.05) is 13.1 Å². The van der Waals surface area contributed by atoms with Crippen LogP contribution in [0.15, 0.2) is 58.2 Å². The topological polar surface area (TPSA) is 138 Å². The predicted molar refractivity (Wildman–Crippen MR) is 128 cm³/mol. The first kappa shape index (κ1) is 23.2. The van der Waals surface area contributed by atoms with Gasteiger partial charge in [0.15, 0.2) is 11.2 Å². The van der Waals surface area contributed by atoms with Gasteiger partial charge in [0, 0.05) is 19.0 Å². The van der Waals surface area contributed by atoms with Crippen LogP contribution in [0.3, 0.4) is 0 Å². The molecule has 0 radical (unpaired) electrons. The summed E-state index contributed by atoms with van der Waals surface area (Å²) in [6.45, 7) is 0.782. The number of piperidine rings is 1. The Morgan fingerprint density at radius 1 is 1.11 bits per heavy atom. The summed E-state index contributed by atoms with van der Waals surface area (Å²) in [4.78, 5) is 20.2. The van der Waals surface area contributed by atoms with Crippen molar-refractivity contribution in [1.82, 2.24) is 29.3 Å². The van der Waals surface area contributed by atoms with Gasteiger partial charge in [0.25, 0.3) is 5.56 Å². The molecule has 1 saturated heterocycles. The Balaban J connectivity index is 1.40. The zero-order chi connectivity index (χ0) is 24.6. The van der Waals surface area contributed by atoms with Crippen molar-refractivity contribution in [2.24, 2.45) is 0 Å². The van der Waals surface area contributed by atoms with Gasteiger partial charge in [0.2, 0.25) is 10.0 Å². The van der Waals surface area contributed by atoms with Crippen LogP contribution in [-0.2, 0) is 16.6 Å². The third-order valence-electron chi connectivity index (χ3n) is 6.15. The van der Waals surface area contributed by atoms with Gasteiger partial charge in [-0.2, -0.15) is 9.57 Å². The summed E-state index contributed by atoms with van der Waals surface area (Å²) in [7, 11) is -3.72. The molecule has 0 unspecified atom stereocenters. The number of sulfonamides is 1. The zero-order valence-electron chi connectivity index (χ0n) is 18.4. The van der Waals surface area contributed by atoms with Crippen molar-refractivity contribution in [3.8, 4) is 6.07 Å². The molecule has 1 N–H and O–H groups in total. The Labute approximate surface area is 205 Å². The first-order chi connectivity index (χ1) is 16.9. The van der Waals surface area contributed by atoms with Gasteiger partial charge in [-0.15, -0.1) is 5.10 Å². The third-order valence-corrected chi connectivity index (χ3v) is 8.54. The Kier molecular flexibility index (Phi) is 6.10. The quantitative estimate of drug-likeness (QED) is 0.436. The van der Waals surface area contributed by atoms with Gasteiger partial charge in [0.05, 0.1) is 23.2 Å². The molecule has 0 amide bonds. The third kappa shape index (κ3) is 4.32. The molecule has 12 heteroatoms. The first-order valence-corrected chi connectivity index (χ1v) is 12.8. The van der Waals surface area contributed by atoms with Crippen molar-refractivity contribution >= 4 is 32.8 Å². The molecule has 178 valence electrons. The highest BCUT2D eigenvalue weighted by Crippen LogP contribution is 2.31. The lowest BCUT2D eigenvalue weighted by atomic mass is 9.97. The lowest BCUT2D eigenvalue weighted by Gasteiger charge is -2.30. The molecule has 35 heavy (non-hydrogen) atoms. The van der Waals surface area contributed by atoms with Crippen LogP contribution in [0.2, 0.25) is 5.02 Å². The maximum Gasteiger partial charge on any atom is 0.281 e. The van der Waals surface area contributed by atoms with E-state index in [0.717, 1.165) is 5.56 Å². The van der Waals surface area contributed by atoms with Crippen molar-refractivity contribution in [3.05, 3.63) is 80.9 Å². The number of rotatable bonds is 5. The fourth-order valence-electron chi connectivity index (χ4n) is 4.27. The highest BCUT2D eigenvalue weighted by atomic mass is 35.5. The highest BCUT2D eigenvalue weighted by molar-refractivity contribution is 7.89. The van der Waals surface area contributed by atoms with Crippen LogP contribution in [0.4, 0.5) is 0 Å². The molecule has 2 aromatic carbocycles. The van der Waals surface area contributed by atoms with E-state index in [1.165, 1.54) is 15.1 Å². The number of H-pyrrole nitrogens is 1. The number of hydrogen-bond donors (Lipinski definition) is 1. The molecular weight excluding hydrogens is 490 g/mol. The van der Waals surface area contributed by atoms with E-state index in [1.54, 1.807) is 30.3 Å². The smallest absolute Gasteiger partial charge is 0.281 e. The van der Waals surface area contributed by atoms with Gasteiger partial charge in [0.1, 0.15) is 10.7 Å². The molecule has 1 aliphatic rings. The van der Waals surface area contributed by atoms with Gasteiger partial charge in [-0.3, -0.25) is 4.79 Å². The summed E-state index contributed by atoms with van der Waals surface area (Å²) in [6, 6.07) is 15.7. The van der Waals surface area contributed by atoms with E-state index in [9.17, 15) is 18.5 Å². The summed E-state index contributed by atoms with van der Waals surface area (Å²) >= 11 is 6.12. The number of aromatic amines is 1. The van der Waals surface area contributed by atoms with E-state index < -0.39 is 15.6 Å². The molecule has 10 nitrogen and oxygen atoms in total. The molecule has 0 spiro atoms. The Morgan fingerprint density at radius 3 is 2.57 bits per heavy atom. The van der Waals surface area contributed by atoms with E-state index in [-0.39, 0.29) is 41.0 Å². The number of nitriles is 1. The maximum atomic E-state index is 13.0. The van der Waals surface area contributed by atoms with Crippen molar-refractivity contribution in [1.29, 1.82) is 5.26 Å². The standard InChI is InChI=1S/C23H20ClN7O3S/c24-18-7-3-4-8-19(18)35(33,34)30-11-9-15(10-12-30)21-26-22-20(23(32)27-21)28-29-31(22)14-17-6-2-1-5-16(17)13-25/h1-8,15H,9-12,14H2,(H,26,27,32). The monoisotopic (exact) mass is 509 g/mol. The molecule has 0 saturated carbocycles. The summed E-state index contributed by atoms with van der Waals surface area (Å²) in [5.41, 5.74) is 1.28. The van der Waals surface area contributed by atoms with Gasteiger partial charge < -0.3 is 4.98 Å². The van der Waals surface area contributed by atoms with Crippen LogP contribution in [-0.4, -0.2) is 50.8 Å². The SMILES string of the molecule is N#Cc1ccccc1Cn1nnc2c(=O)[nH]c(C3CCN(S(=O)(=O)c4ccccc4Cl)CC3)nc21. The van der Waals surface area contributed by atoms with Crippen LogP contribution < -0.4 is 5.56 Å². The van der Waals surface area contributed by atoms with E-state index in [1.807, 2.05) is 12.1 Å². The zero-order valence-corrected chi connectivity index (χ0v) is 20.0. The lowest BCUT2D eigenvalue weighted by Crippen LogP contribution is -2.38. The van der Waals surface area contributed by atoms with Crippen LogP contribution >= 0.6 is 11.6 Å². The van der Waals surface area contributed by atoms with Gasteiger partial charge >= 0.3 is 0 Å². The number of halogens is 1. The average Bonchev–Trinajstić information content (AvgIpc) is 3.28. The minimum Gasteiger partial charge on any atom is -0.308 e.